The average molecular weight is 194 g/mol. The van der Waals surface area contributed by atoms with E-state index in [1.165, 1.54) is 16.2 Å². The summed E-state index contributed by atoms with van der Waals surface area (Å²) in [7, 11) is 1.69. The zero-order chi connectivity index (χ0) is 9.84. The third-order valence-corrected chi connectivity index (χ3v) is 2.55. The molecule has 1 unspecified atom stereocenters. The molecule has 1 rings (SSSR count). The molecule has 0 fully saturated rings. The lowest BCUT2D eigenvalue weighted by Gasteiger charge is -2.19. The predicted molar refractivity (Wildman–Crippen MR) is 52.5 cm³/mol. The summed E-state index contributed by atoms with van der Waals surface area (Å²) in [5.41, 5.74) is 1.63. The molecule has 1 heterocycles. The van der Waals surface area contributed by atoms with Crippen LogP contribution in [-0.2, 0) is 0 Å². The summed E-state index contributed by atoms with van der Waals surface area (Å²) in [6, 6.07) is -0.186. The van der Waals surface area contributed by atoms with Crippen LogP contribution in [0.25, 0.3) is 0 Å². The second kappa shape index (κ2) is 4.06. The topological polar surface area (TPSA) is 33.2 Å². The number of aromatic nitrogens is 1. The van der Waals surface area contributed by atoms with Gasteiger partial charge in [0.1, 0.15) is 4.88 Å². The summed E-state index contributed by atoms with van der Waals surface area (Å²) in [5, 5.41) is 0. The molecular formula is C9H10N2OS. The minimum absolute atomic E-state index is 0.0760. The van der Waals surface area contributed by atoms with Crippen LogP contribution in [0.2, 0.25) is 0 Å². The van der Waals surface area contributed by atoms with Gasteiger partial charge in [-0.2, -0.15) is 0 Å². The zero-order valence-electron chi connectivity index (χ0n) is 7.52. The lowest BCUT2D eigenvalue weighted by Crippen LogP contribution is -2.33. The fourth-order valence-electron chi connectivity index (χ4n) is 0.783. The van der Waals surface area contributed by atoms with Gasteiger partial charge in [-0.25, -0.2) is 0 Å². The van der Waals surface area contributed by atoms with E-state index in [-0.39, 0.29) is 11.9 Å². The fourth-order valence-corrected chi connectivity index (χ4v) is 1.38. The zero-order valence-corrected chi connectivity index (χ0v) is 8.34. The second-order valence-corrected chi connectivity index (χ2v) is 3.51. The van der Waals surface area contributed by atoms with Gasteiger partial charge in [0.15, 0.2) is 0 Å². The van der Waals surface area contributed by atoms with Gasteiger partial charge in [0, 0.05) is 7.05 Å². The molecule has 1 amide bonds. The quantitative estimate of drug-likeness (QED) is 0.663. The van der Waals surface area contributed by atoms with Crippen LogP contribution in [0.15, 0.2) is 11.7 Å². The fraction of sp³-hybridized carbons (Fsp3) is 0.333. The molecule has 3 nitrogen and oxygen atoms in total. The molecule has 0 aliphatic carbocycles. The van der Waals surface area contributed by atoms with E-state index in [0.717, 1.165) is 0 Å². The molecule has 0 saturated heterocycles. The Morgan fingerprint density at radius 1 is 1.85 bits per heavy atom. The molecule has 1 aromatic heterocycles. The molecule has 1 aromatic rings. The summed E-state index contributed by atoms with van der Waals surface area (Å²) in [6.45, 7) is 1.80. The Balaban J connectivity index is 2.75. The largest absolute Gasteiger partial charge is 0.327 e. The molecule has 0 aromatic carbocycles. The van der Waals surface area contributed by atoms with Crippen molar-refractivity contribution in [1.82, 2.24) is 9.88 Å². The van der Waals surface area contributed by atoms with Crippen LogP contribution in [-0.4, -0.2) is 28.9 Å². The van der Waals surface area contributed by atoms with Gasteiger partial charge in [-0.1, -0.05) is 5.92 Å². The highest BCUT2D eigenvalue weighted by Crippen LogP contribution is 2.10. The van der Waals surface area contributed by atoms with Crippen molar-refractivity contribution in [1.29, 1.82) is 0 Å². The van der Waals surface area contributed by atoms with Crippen molar-refractivity contribution in [2.75, 3.05) is 7.05 Å². The summed E-state index contributed by atoms with van der Waals surface area (Å²) >= 11 is 1.32. The number of nitrogens with zero attached hydrogens (tertiary/aromatic N) is 2. The van der Waals surface area contributed by atoms with Gasteiger partial charge in [0.05, 0.1) is 17.7 Å². The van der Waals surface area contributed by atoms with Crippen molar-refractivity contribution in [3.05, 3.63) is 16.6 Å². The van der Waals surface area contributed by atoms with E-state index in [1.807, 2.05) is 0 Å². The SMILES string of the molecule is C#CC(C)N(C)C(=O)c1cncs1. The first kappa shape index (κ1) is 9.75. The minimum Gasteiger partial charge on any atom is -0.327 e. The van der Waals surface area contributed by atoms with E-state index >= 15 is 0 Å². The first-order valence-corrected chi connectivity index (χ1v) is 4.66. The van der Waals surface area contributed by atoms with Crippen LogP contribution in [0.3, 0.4) is 0 Å². The Hall–Kier alpha value is -1.34. The maximum Gasteiger partial charge on any atom is 0.266 e. The lowest BCUT2D eigenvalue weighted by atomic mass is 10.3. The highest BCUT2D eigenvalue weighted by Gasteiger charge is 2.16. The number of hydrogen-bond acceptors (Lipinski definition) is 3. The number of carbonyl (C=O) groups excluding carboxylic acids is 1. The van der Waals surface area contributed by atoms with Crippen molar-refractivity contribution < 1.29 is 4.79 Å². The smallest absolute Gasteiger partial charge is 0.266 e. The van der Waals surface area contributed by atoms with Crippen LogP contribution in [0.1, 0.15) is 16.6 Å². The summed E-state index contributed by atoms with van der Waals surface area (Å²) in [5.74, 6) is 2.42. The molecule has 4 heteroatoms. The van der Waals surface area contributed by atoms with Gasteiger partial charge < -0.3 is 4.90 Å². The molecule has 1 atom stereocenters. The molecule has 0 spiro atoms. The number of rotatable bonds is 2. The van der Waals surface area contributed by atoms with Gasteiger partial charge in [-0.15, -0.1) is 17.8 Å². The lowest BCUT2D eigenvalue weighted by molar-refractivity contribution is 0.0779. The predicted octanol–water partition coefficient (Wildman–Crippen LogP) is 1.24. The molecule has 0 bridgehead atoms. The first-order chi connectivity index (χ1) is 6.16. The maximum atomic E-state index is 11.6. The highest BCUT2D eigenvalue weighted by molar-refractivity contribution is 7.11. The van der Waals surface area contributed by atoms with Crippen LogP contribution in [0.5, 0.6) is 0 Å². The highest BCUT2D eigenvalue weighted by atomic mass is 32.1. The summed E-state index contributed by atoms with van der Waals surface area (Å²) in [4.78, 5) is 17.6. The Kier molecular flexibility index (Phi) is 3.04. The van der Waals surface area contributed by atoms with Crippen LogP contribution in [0.4, 0.5) is 0 Å². The molecule has 0 aliphatic rings. The van der Waals surface area contributed by atoms with Crippen LogP contribution < -0.4 is 0 Å². The van der Waals surface area contributed by atoms with Crippen molar-refractivity contribution in [2.24, 2.45) is 0 Å². The molecule has 0 saturated carbocycles. The van der Waals surface area contributed by atoms with E-state index in [2.05, 4.69) is 10.9 Å². The third kappa shape index (κ3) is 2.07. The van der Waals surface area contributed by atoms with Crippen molar-refractivity contribution in [3.63, 3.8) is 0 Å². The average Bonchev–Trinajstić information content (AvgIpc) is 2.67. The summed E-state index contributed by atoms with van der Waals surface area (Å²) in [6.07, 6.45) is 6.76. The third-order valence-electron chi connectivity index (χ3n) is 1.79. The van der Waals surface area contributed by atoms with E-state index in [9.17, 15) is 4.79 Å². The number of terminal acetylenes is 1. The number of amides is 1. The van der Waals surface area contributed by atoms with Crippen LogP contribution >= 0.6 is 11.3 Å². The molecule has 0 radical (unpaired) electrons. The summed E-state index contributed by atoms with van der Waals surface area (Å²) < 4.78 is 0. The molecule has 0 N–H and O–H groups in total. The Bertz CT molecular complexity index is 326. The van der Waals surface area contributed by atoms with E-state index in [4.69, 9.17) is 6.42 Å². The standard InChI is InChI=1S/C9H10N2OS/c1-4-7(2)11(3)9(12)8-5-10-6-13-8/h1,5-7H,2-3H3. The van der Waals surface area contributed by atoms with Gasteiger partial charge in [0.25, 0.3) is 5.91 Å². The number of thiazole rings is 1. The Labute approximate surface area is 81.4 Å². The first-order valence-electron chi connectivity index (χ1n) is 3.78. The molecule has 68 valence electrons. The van der Waals surface area contributed by atoms with Gasteiger partial charge >= 0.3 is 0 Å². The second-order valence-electron chi connectivity index (χ2n) is 2.62. The molecule has 0 aliphatic heterocycles. The van der Waals surface area contributed by atoms with E-state index in [1.54, 1.807) is 25.7 Å². The van der Waals surface area contributed by atoms with Crippen LogP contribution in [0, 0.1) is 12.3 Å². The maximum absolute atomic E-state index is 11.6. The normalized spacial score (nSPS) is 11.8. The van der Waals surface area contributed by atoms with Crippen molar-refractivity contribution >= 4 is 17.2 Å². The van der Waals surface area contributed by atoms with E-state index < -0.39 is 0 Å². The number of hydrogen-bond donors (Lipinski definition) is 0. The molecule has 13 heavy (non-hydrogen) atoms. The molecular weight excluding hydrogens is 184 g/mol. The van der Waals surface area contributed by atoms with Crippen molar-refractivity contribution in [2.45, 2.75) is 13.0 Å². The monoisotopic (exact) mass is 194 g/mol. The Morgan fingerprint density at radius 2 is 2.54 bits per heavy atom. The Morgan fingerprint density at radius 3 is 3.00 bits per heavy atom. The van der Waals surface area contributed by atoms with Gasteiger partial charge in [-0.05, 0) is 6.92 Å². The van der Waals surface area contributed by atoms with E-state index in [0.29, 0.717) is 4.88 Å². The number of carbonyl (C=O) groups is 1. The van der Waals surface area contributed by atoms with Crippen molar-refractivity contribution in [3.8, 4) is 12.3 Å². The van der Waals surface area contributed by atoms with Gasteiger partial charge in [0.2, 0.25) is 0 Å². The van der Waals surface area contributed by atoms with Gasteiger partial charge in [-0.3, -0.25) is 9.78 Å². The minimum atomic E-state index is -0.186.